The maximum Gasteiger partial charge on any atom is 0.361 e. The first-order valence-electron chi connectivity index (χ1n) is 1.02. The third kappa shape index (κ3) is 4.26. The molecule has 0 unspecified atom stereocenters. The second-order valence-corrected chi connectivity index (χ2v) is 1.95. The van der Waals surface area contributed by atoms with Crippen molar-refractivity contribution >= 4 is 28.9 Å². The number of hydrogen-bond acceptors (Lipinski definition) is 1. The van der Waals surface area contributed by atoms with Gasteiger partial charge in [-0.1, -0.05) is 0 Å². The summed E-state index contributed by atoms with van der Waals surface area (Å²) in [6, 6.07) is 0. The second kappa shape index (κ2) is 1.81. The van der Waals surface area contributed by atoms with E-state index in [2.05, 4.69) is 0 Å². The molecule has 0 heterocycles. The molecule has 6 heavy (non-hydrogen) atoms. The Hall–Kier alpha value is 0.260. The van der Waals surface area contributed by atoms with Crippen molar-refractivity contribution in [2.45, 2.75) is 3.93 Å². The predicted octanol–water partition coefficient (Wildman–Crippen LogP) is 1.12. The average molecular weight is 205 g/mol. The van der Waals surface area contributed by atoms with E-state index < -0.39 is 3.93 Å². The van der Waals surface area contributed by atoms with E-state index in [0.29, 0.717) is 28.9 Å². The fourth-order valence-electron chi connectivity index (χ4n) is 0. The molecule has 0 saturated heterocycles. The zero-order chi connectivity index (χ0) is 5.21. The zero-order valence-corrected chi connectivity index (χ0v) is 4.70. The predicted molar refractivity (Wildman–Crippen MR) is 24.7 cm³/mol. The number of rotatable bonds is 1. The molecule has 0 bridgehead atoms. The van der Waals surface area contributed by atoms with Crippen molar-refractivity contribution in [1.82, 2.24) is 0 Å². The zero-order valence-electron chi connectivity index (χ0n) is 2.54. The monoisotopic (exact) mass is 205 g/mol. The Bertz CT molecular complexity index is 57.1. The van der Waals surface area contributed by atoms with E-state index in [1.165, 1.54) is 0 Å². The molecule has 4 heteroatoms. The Morgan fingerprint density at radius 2 is 1.83 bits per heavy atom. The van der Waals surface area contributed by atoms with Crippen molar-refractivity contribution in [1.29, 1.82) is 0 Å². The van der Waals surface area contributed by atoms with Crippen LogP contribution in [0, 0.1) is 0 Å². The highest BCUT2D eigenvalue weighted by molar-refractivity contribution is 14.1. The van der Waals surface area contributed by atoms with Gasteiger partial charge in [-0.25, -0.2) is 0 Å². The number of halogens is 3. The molecule has 0 amide bonds. The quantitative estimate of drug-likeness (QED) is 0.463. The van der Waals surface area contributed by atoms with Crippen LogP contribution >= 0.6 is 22.6 Å². The molecular formula is C2F2IO. The third-order valence-corrected chi connectivity index (χ3v) is 0.336. The summed E-state index contributed by atoms with van der Waals surface area (Å²) in [5.41, 5.74) is 0. The van der Waals surface area contributed by atoms with Gasteiger partial charge < -0.3 is 0 Å². The Morgan fingerprint density at radius 3 is 1.83 bits per heavy atom. The van der Waals surface area contributed by atoms with E-state index in [1.54, 1.807) is 0 Å². The van der Waals surface area contributed by atoms with Gasteiger partial charge in [0.25, 0.3) is 6.29 Å². The lowest BCUT2D eigenvalue weighted by molar-refractivity contribution is 0.198. The van der Waals surface area contributed by atoms with Gasteiger partial charge in [0.1, 0.15) is 0 Å². The smallest absolute Gasteiger partial charge is 0.283 e. The molecule has 0 rings (SSSR count). The summed E-state index contributed by atoms with van der Waals surface area (Å²) in [5, 5.41) is 0. The lowest BCUT2D eigenvalue weighted by Gasteiger charge is -1.88. The lowest BCUT2D eigenvalue weighted by atomic mass is 10.8. The van der Waals surface area contributed by atoms with Crippen LogP contribution in [0.25, 0.3) is 0 Å². The lowest BCUT2D eigenvalue weighted by Crippen LogP contribution is -2.03. The summed E-state index contributed by atoms with van der Waals surface area (Å²) >= 11 is 0.684. The average Bonchev–Trinajstić information content (AvgIpc) is 1.35. The summed E-state index contributed by atoms with van der Waals surface area (Å²) in [4.78, 5) is 8.94. The second-order valence-electron chi connectivity index (χ2n) is 0.600. The standard InChI is InChI=1S/C2F2IO/c3-2(4,5)1-6. The normalized spacial score (nSPS) is 11.2. The van der Waals surface area contributed by atoms with Crippen LogP contribution in [0.15, 0.2) is 0 Å². The van der Waals surface area contributed by atoms with Gasteiger partial charge in [0.05, 0.1) is 0 Å². The van der Waals surface area contributed by atoms with Gasteiger partial charge in [0, 0.05) is 22.6 Å². The summed E-state index contributed by atoms with van der Waals surface area (Å²) in [6.45, 7) is 0. The number of hydrogen-bond donors (Lipinski definition) is 0. The van der Waals surface area contributed by atoms with Crippen LogP contribution in [0.1, 0.15) is 0 Å². The van der Waals surface area contributed by atoms with E-state index in [4.69, 9.17) is 4.79 Å². The molecule has 0 aliphatic heterocycles. The highest BCUT2D eigenvalue weighted by Gasteiger charge is 2.22. The largest absolute Gasteiger partial charge is 0.361 e. The van der Waals surface area contributed by atoms with Crippen LogP contribution in [0.4, 0.5) is 8.78 Å². The van der Waals surface area contributed by atoms with Gasteiger partial charge in [0.2, 0.25) is 0 Å². The minimum atomic E-state index is -3.29. The molecular weight excluding hydrogens is 205 g/mol. The topological polar surface area (TPSA) is 17.1 Å². The summed E-state index contributed by atoms with van der Waals surface area (Å²) in [5.74, 6) is 0. The van der Waals surface area contributed by atoms with E-state index >= 15 is 0 Å². The molecule has 1 nitrogen and oxygen atoms in total. The minimum absolute atomic E-state index is 0.507. The van der Waals surface area contributed by atoms with Gasteiger partial charge in [0.15, 0.2) is 0 Å². The van der Waals surface area contributed by atoms with Crippen LogP contribution in [-0.2, 0) is 4.79 Å². The van der Waals surface area contributed by atoms with E-state index in [0.717, 1.165) is 0 Å². The molecule has 0 atom stereocenters. The maximum atomic E-state index is 11.0. The molecule has 35 valence electrons. The van der Waals surface area contributed by atoms with E-state index in [1.807, 2.05) is 0 Å². The number of alkyl halides is 3. The van der Waals surface area contributed by atoms with Crippen molar-refractivity contribution in [2.24, 2.45) is 0 Å². The highest BCUT2D eigenvalue weighted by Crippen LogP contribution is 2.17. The van der Waals surface area contributed by atoms with Crippen molar-refractivity contribution in [3.05, 3.63) is 0 Å². The van der Waals surface area contributed by atoms with Gasteiger partial charge in [-0.2, -0.15) is 8.78 Å². The SMILES string of the molecule is O=[C]C(F)(F)I. The van der Waals surface area contributed by atoms with E-state index in [9.17, 15) is 8.78 Å². The molecule has 0 aromatic rings. The Balaban J connectivity index is 3.45. The number of carbonyl (C=O) groups excluding carboxylic acids is 1. The molecule has 0 aromatic carbocycles. The maximum absolute atomic E-state index is 11.0. The summed E-state index contributed by atoms with van der Waals surface area (Å²) in [7, 11) is 0. The summed E-state index contributed by atoms with van der Waals surface area (Å²) in [6.07, 6.45) is 0.507. The van der Waals surface area contributed by atoms with Gasteiger partial charge in [-0.15, -0.1) is 0 Å². The Kier molecular flexibility index (Phi) is 1.89. The fourth-order valence-corrected chi connectivity index (χ4v) is 0. The van der Waals surface area contributed by atoms with Gasteiger partial charge in [-0.3, -0.25) is 4.79 Å². The molecule has 0 aromatic heterocycles. The molecule has 0 spiro atoms. The Labute approximate surface area is 46.9 Å². The first kappa shape index (κ1) is 6.26. The van der Waals surface area contributed by atoms with Crippen molar-refractivity contribution in [3.63, 3.8) is 0 Å². The van der Waals surface area contributed by atoms with Crippen molar-refractivity contribution < 1.29 is 13.6 Å². The van der Waals surface area contributed by atoms with E-state index in [-0.39, 0.29) is 0 Å². The van der Waals surface area contributed by atoms with Crippen LogP contribution in [0.5, 0.6) is 0 Å². The fraction of sp³-hybridized carbons (Fsp3) is 0.500. The molecule has 0 saturated carbocycles. The highest BCUT2D eigenvalue weighted by atomic mass is 127. The van der Waals surface area contributed by atoms with Crippen LogP contribution in [0.2, 0.25) is 0 Å². The molecule has 0 fully saturated rings. The van der Waals surface area contributed by atoms with Crippen LogP contribution in [-0.4, -0.2) is 10.2 Å². The van der Waals surface area contributed by atoms with Crippen LogP contribution in [0.3, 0.4) is 0 Å². The van der Waals surface area contributed by atoms with Gasteiger partial charge in [-0.05, 0) is 0 Å². The van der Waals surface area contributed by atoms with Crippen molar-refractivity contribution in [2.75, 3.05) is 0 Å². The first-order chi connectivity index (χ1) is 2.56. The summed E-state index contributed by atoms with van der Waals surface area (Å²) < 4.78 is 18.7. The molecule has 0 aliphatic carbocycles. The van der Waals surface area contributed by atoms with Gasteiger partial charge >= 0.3 is 3.93 Å². The third-order valence-electron chi connectivity index (χ3n) is 0.116. The molecule has 1 radical (unpaired) electrons. The molecule has 0 N–H and O–H groups in total. The Morgan fingerprint density at radius 1 is 1.67 bits per heavy atom. The van der Waals surface area contributed by atoms with Crippen molar-refractivity contribution in [3.8, 4) is 0 Å². The van der Waals surface area contributed by atoms with Crippen LogP contribution < -0.4 is 0 Å². The molecule has 0 aliphatic rings. The minimum Gasteiger partial charge on any atom is -0.283 e. The first-order valence-corrected chi connectivity index (χ1v) is 2.10.